The zero-order valence-corrected chi connectivity index (χ0v) is 10.9. The lowest BCUT2D eigenvalue weighted by atomic mass is 9.87. The number of carbonyl (C=O) groups is 2. The third kappa shape index (κ3) is 3.58. The molecule has 0 heterocycles. The predicted molar refractivity (Wildman–Crippen MR) is 69.3 cm³/mol. The molecular weight excluding hydrogens is 230 g/mol. The molecule has 1 rings (SSSR count). The molecule has 4 nitrogen and oxygen atoms in total. The molecule has 18 heavy (non-hydrogen) atoms. The first-order chi connectivity index (χ1) is 8.43. The van der Waals surface area contributed by atoms with Crippen molar-refractivity contribution in [2.24, 2.45) is 5.92 Å². The van der Waals surface area contributed by atoms with E-state index in [1.165, 1.54) is 6.92 Å². The fraction of sp³-hybridized carbons (Fsp3) is 0.429. The van der Waals surface area contributed by atoms with Gasteiger partial charge in [-0.2, -0.15) is 0 Å². The number of amides is 1. The average molecular weight is 249 g/mol. The summed E-state index contributed by atoms with van der Waals surface area (Å²) in [5.41, 5.74) is 0.905. The van der Waals surface area contributed by atoms with Gasteiger partial charge in [-0.25, -0.2) is 0 Å². The van der Waals surface area contributed by atoms with Crippen LogP contribution in [0, 0.1) is 5.92 Å². The summed E-state index contributed by atoms with van der Waals surface area (Å²) in [5, 5.41) is 11.3. The minimum atomic E-state index is -1.03. The molecule has 0 spiro atoms. The van der Waals surface area contributed by atoms with Crippen molar-refractivity contribution in [3.63, 3.8) is 0 Å². The van der Waals surface area contributed by atoms with Gasteiger partial charge in [0, 0.05) is 0 Å². The summed E-state index contributed by atoms with van der Waals surface area (Å²) in [6.07, 6.45) is 0. The lowest BCUT2D eigenvalue weighted by Gasteiger charge is -2.22. The second-order valence-electron chi connectivity index (χ2n) is 4.70. The smallest absolute Gasteiger partial charge is 0.325 e. The summed E-state index contributed by atoms with van der Waals surface area (Å²) >= 11 is 0. The first kappa shape index (κ1) is 14.2. The van der Waals surface area contributed by atoms with Crippen molar-refractivity contribution < 1.29 is 14.7 Å². The molecule has 0 aromatic heterocycles. The fourth-order valence-electron chi connectivity index (χ4n) is 1.86. The van der Waals surface area contributed by atoms with E-state index in [2.05, 4.69) is 5.32 Å². The molecule has 0 aliphatic carbocycles. The van der Waals surface area contributed by atoms with Crippen LogP contribution in [0.3, 0.4) is 0 Å². The van der Waals surface area contributed by atoms with Gasteiger partial charge in [0.25, 0.3) is 0 Å². The molecule has 1 aromatic rings. The Bertz CT molecular complexity index is 414. The minimum absolute atomic E-state index is 0.105. The predicted octanol–water partition coefficient (Wildman–Crippen LogP) is 2.02. The molecule has 0 bridgehead atoms. The molecule has 0 aliphatic rings. The Morgan fingerprint density at radius 1 is 1.11 bits per heavy atom. The maximum absolute atomic E-state index is 12.1. The number of hydrogen-bond donors (Lipinski definition) is 2. The molecule has 1 aromatic carbocycles. The quantitative estimate of drug-likeness (QED) is 0.839. The number of carboxylic acid groups (broad SMARTS) is 1. The maximum atomic E-state index is 12.1. The topological polar surface area (TPSA) is 66.4 Å². The van der Waals surface area contributed by atoms with E-state index in [1.54, 1.807) is 0 Å². The van der Waals surface area contributed by atoms with Gasteiger partial charge in [0.05, 0.1) is 5.92 Å². The Balaban J connectivity index is 2.87. The van der Waals surface area contributed by atoms with E-state index in [1.807, 2.05) is 44.2 Å². The number of carbonyl (C=O) groups excluding carboxylic acids is 1. The molecule has 0 saturated carbocycles. The van der Waals surface area contributed by atoms with Crippen LogP contribution in [-0.4, -0.2) is 23.0 Å². The Morgan fingerprint density at radius 3 is 2.11 bits per heavy atom. The van der Waals surface area contributed by atoms with Crippen molar-refractivity contribution in [3.8, 4) is 0 Å². The van der Waals surface area contributed by atoms with Crippen LogP contribution >= 0.6 is 0 Å². The van der Waals surface area contributed by atoms with Crippen LogP contribution in [0.15, 0.2) is 30.3 Å². The number of hydrogen-bond acceptors (Lipinski definition) is 2. The number of benzene rings is 1. The normalized spacial score (nSPS) is 14.0. The molecule has 0 saturated heterocycles. The summed E-state index contributed by atoms with van der Waals surface area (Å²) < 4.78 is 0. The van der Waals surface area contributed by atoms with Gasteiger partial charge >= 0.3 is 5.97 Å². The van der Waals surface area contributed by atoms with Gasteiger partial charge in [-0.05, 0) is 18.4 Å². The molecule has 0 fully saturated rings. The first-order valence-electron chi connectivity index (χ1n) is 6.01. The summed E-state index contributed by atoms with van der Waals surface area (Å²) in [4.78, 5) is 22.9. The zero-order valence-electron chi connectivity index (χ0n) is 10.9. The van der Waals surface area contributed by atoms with Crippen molar-refractivity contribution in [2.45, 2.75) is 32.7 Å². The van der Waals surface area contributed by atoms with Crippen LogP contribution in [0.4, 0.5) is 0 Å². The van der Waals surface area contributed by atoms with E-state index in [0.29, 0.717) is 0 Å². The monoisotopic (exact) mass is 249 g/mol. The maximum Gasteiger partial charge on any atom is 0.325 e. The van der Waals surface area contributed by atoms with Crippen LogP contribution in [0.1, 0.15) is 32.3 Å². The third-order valence-electron chi connectivity index (χ3n) is 2.84. The van der Waals surface area contributed by atoms with E-state index < -0.39 is 12.0 Å². The third-order valence-corrected chi connectivity index (χ3v) is 2.84. The lowest BCUT2D eigenvalue weighted by molar-refractivity contribution is -0.141. The van der Waals surface area contributed by atoms with Crippen LogP contribution < -0.4 is 5.32 Å². The average Bonchev–Trinajstić information content (AvgIpc) is 2.29. The molecular formula is C14H19NO3. The number of carboxylic acids is 1. The highest BCUT2D eigenvalue weighted by Gasteiger charge is 2.26. The SMILES string of the molecule is CC(C)C(C(=O)N[C@@H](C)C(=O)O)c1ccccc1. The van der Waals surface area contributed by atoms with Crippen molar-refractivity contribution in [1.82, 2.24) is 5.32 Å². The second-order valence-corrected chi connectivity index (χ2v) is 4.70. The van der Waals surface area contributed by atoms with Crippen LogP contribution in [0.5, 0.6) is 0 Å². The highest BCUT2D eigenvalue weighted by Crippen LogP contribution is 2.24. The second kappa shape index (κ2) is 6.19. The number of aliphatic carboxylic acids is 1. The Hall–Kier alpha value is -1.84. The molecule has 0 radical (unpaired) electrons. The summed E-state index contributed by atoms with van der Waals surface area (Å²) in [6.45, 7) is 5.36. The lowest BCUT2D eigenvalue weighted by Crippen LogP contribution is -2.42. The van der Waals surface area contributed by atoms with Gasteiger partial charge in [0.1, 0.15) is 6.04 Å². The molecule has 2 atom stereocenters. The summed E-state index contributed by atoms with van der Waals surface area (Å²) in [6, 6.07) is 8.53. The van der Waals surface area contributed by atoms with E-state index in [9.17, 15) is 9.59 Å². The van der Waals surface area contributed by atoms with Crippen molar-refractivity contribution in [2.75, 3.05) is 0 Å². The van der Waals surface area contributed by atoms with Crippen LogP contribution in [0.25, 0.3) is 0 Å². The Labute approximate surface area is 107 Å². The molecule has 0 aliphatic heterocycles. The molecule has 1 unspecified atom stereocenters. The summed E-state index contributed by atoms with van der Waals surface area (Å²) in [7, 11) is 0. The van der Waals surface area contributed by atoms with Gasteiger partial charge in [-0.15, -0.1) is 0 Å². The van der Waals surface area contributed by atoms with Crippen molar-refractivity contribution >= 4 is 11.9 Å². The van der Waals surface area contributed by atoms with Crippen molar-refractivity contribution in [1.29, 1.82) is 0 Å². The van der Waals surface area contributed by atoms with Crippen LogP contribution in [0.2, 0.25) is 0 Å². The van der Waals surface area contributed by atoms with E-state index >= 15 is 0 Å². The van der Waals surface area contributed by atoms with Gasteiger partial charge in [-0.1, -0.05) is 44.2 Å². The van der Waals surface area contributed by atoms with E-state index in [-0.39, 0.29) is 17.7 Å². The number of nitrogens with one attached hydrogen (secondary N) is 1. The minimum Gasteiger partial charge on any atom is -0.480 e. The molecule has 1 amide bonds. The van der Waals surface area contributed by atoms with Gasteiger partial charge in [-0.3, -0.25) is 9.59 Å². The zero-order chi connectivity index (χ0) is 13.7. The molecule has 2 N–H and O–H groups in total. The van der Waals surface area contributed by atoms with Gasteiger partial charge in [0.2, 0.25) is 5.91 Å². The number of rotatable bonds is 5. The summed E-state index contributed by atoms with van der Waals surface area (Å²) in [5.74, 6) is -1.49. The van der Waals surface area contributed by atoms with Gasteiger partial charge in [0.15, 0.2) is 0 Å². The van der Waals surface area contributed by atoms with E-state index in [4.69, 9.17) is 5.11 Å². The first-order valence-corrected chi connectivity index (χ1v) is 6.01. The highest BCUT2D eigenvalue weighted by atomic mass is 16.4. The standard InChI is InChI=1S/C14H19NO3/c1-9(2)12(11-7-5-4-6-8-11)13(16)15-10(3)14(17)18/h4-10,12H,1-3H3,(H,15,16)(H,17,18)/t10-,12?/m0/s1. The van der Waals surface area contributed by atoms with Gasteiger partial charge < -0.3 is 10.4 Å². The highest BCUT2D eigenvalue weighted by molar-refractivity contribution is 5.88. The molecule has 4 heteroatoms. The van der Waals surface area contributed by atoms with Crippen LogP contribution in [-0.2, 0) is 9.59 Å². The van der Waals surface area contributed by atoms with Crippen molar-refractivity contribution in [3.05, 3.63) is 35.9 Å². The largest absolute Gasteiger partial charge is 0.480 e. The molecule has 98 valence electrons. The Morgan fingerprint density at radius 2 is 1.67 bits per heavy atom. The fourth-order valence-corrected chi connectivity index (χ4v) is 1.86. The van der Waals surface area contributed by atoms with E-state index in [0.717, 1.165) is 5.56 Å². The Kier molecular flexibility index (Phi) is 4.89.